The van der Waals surface area contributed by atoms with Crippen LogP contribution in [0.15, 0.2) is 34.9 Å². The number of nitrogens with zero attached hydrogens (tertiary/aromatic N) is 3. The molecule has 1 aromatic carbocycles. The molecule has 1 saturated heterocycles. The van der Waals surface area contributed by atoms with E-state index in [0.29, 0.717) is 52.0 Å². The summed E-state index contributed by atoms with van der Waals surface area (Å²) in [5.41, 5.74) is 2.91. The first-order valence-electron chi connectivity index (χ1n) is 11.9. The fourth-order valence-electron chi connectivity index (χ4n) is 3.96. The van der Waals surface area contributed by atoms with Crippen molar-refractivity contribution < 1.29 is 23.8 Å². The van der Waals surface area contributed by atoms with Gasteiger partial charge in [-0.1, -0.05) is 49.3 Å². The Morgan fingerprint density at radius 3 is 2.61 bits per heavy atom. The highest BCUT2D eigenvalue weighted by Crippen LogP contribution is 2.33. The number of hydrogen-bond donors (Lipinski definition) is 1. The summed E-state index contributed by atoms with van der Waals surface area (Å²) in [7, 11) is 1.71. The van der Waals surface area contributed by atoms with Crippen molar-refractivity contribution in [3.8, 4) is 11.3 Å². The van der Waals surface area contributed by atoms with Crippen LogP contribution in [-0.2, 0) is 20.8 Å². The van der Waals surface area contributed by atoms with Crippen molar-refractivity contribution in [2.45, 2.75) is 32.9 Å². The number of anilines is 1. The fourth-order valence-corrected chi connectivity index (χ4v) is 3.96. The molecule has 33 heavy (non-hydrogen) atoms. The Kier molecular flexibility index (Phi) is 10.6. The quantitative estimate of drug-likeness (QED) is 0.430. The first-order valence-corrected chi connectivity index (χ1v) is 11.9. The number of aromatic nitrogens is 1. The molecule has 2 heterocycles. The van der Waals surface area contributed by atoms with Gasteiger partial charge in [-0.15, -0.1) is 0 Å². The average molecular weight is 462 g/mol. The molecular formula is C25H39N3O5. The summed E-state index contributed by atoms with van der Waals surface area (Å²) in [5, 5.41) is 15.1. The number of rotatable bonds is 14. The second kappa shape index (κ2) is 13.7. The lowest BCUT2D eigenvalue weighted by Gasteiger charge is -2.29. The maximum atomic E-state index is 10.7. The number of morpholine rings is 1. The average Bonchev–Trinajstić information content (AvgIpc) is 3.23. The first-order chi connectivity index (χ1) is 16.1. The lowest BCUT2D eigenvalue weighted by Crippen LogP contribution is -2.38. The van der Waals surface area contributed by atoms with Crippen molar-refractivity contribution in [1.29, 1.82) is 0 Å². The van der Waals surface area contributed by atoms with Gasteiger partial charge in [-0.25, -0.2) is 0 Å². The van der Waals surface area contributed by atoms with E-state index in [9.17, 15) is 5.11 Å². The number of ether oxygens (including phenoxy) is 3. The topological polar surface area (TPSA) is 80.4 Å². The third-order valence-corrected chi connectivity index (χ3v) is 5.55. The minimum Gasteiger partial charge on any atom is -0.389 e. The Hall–Kier alpha value is -1.97. The molecule has 8 heteroatoms. The largest absolute Gasteiger partial charge is 0.389 e. The van der Waals surface area contributed by atoms with Gasteiger partial charge in [-0.2, -0.15) is 0 Å². The van der Waals surface area contributed by atoms with E-state index >= 15 is 0 Å². The number of aliphatic hydroxyl groups excluding tert-OH is 1. The van der Waals surface area contributed by atoms with Gasteiger partial charge in [-0.3, -0.25) is 4.90 Å². The van der Waals surface area contributed by atoms with Crippen molar-refractivity contribution >= 4 is 5.88 Å². The molecule has 8 nitrogen and oxygen atoms in total. The van der Waals surface area contributed by atoms with Crippen LogP contribution < -0.4 is 4.90 Å². The molecule has 0 saturated carbocycles. The second-order valence-electron chi connectivity index (χ2n) is 8.95. The molecule has 1 fully saturated rings. The molecule has 2 aromatic rings. The van der Waals surface area contributed by atoms with E-state index in [2.05, 4.69) is 28.8 Å². The van der Waals surface area contributed by atoms with Gasteiger partial charge < -0.3 is 28.7 Å². The molecule has 184 valence electrons. The summed E-state index contributed by atoms with van der Waals surface area (Å²) < 4.78 is 22.4. The van der Waals surface area contributed by atoms with Gasteiger partial charge in [0.15, 0.2) is 0 Å². The van der Waals surface area contributed by atoms with Crippen molar-refractivity contribution in [1.82, 2.24) is 10.1 Å². The van der Waals surface area contributed by atoms with Crippen LogP contribution in [-0.4, -0.2) is 87.6 Å². The van der Waals surface area contributed by atoms with E-state index in [0.717, 1.165) is 48.8 Å². The zero-order valence-electron chi connectivity index (χ0n) is 20.2. The van der Waals surface area contributed by atoms with Gasteiger partial charge in [-0.05, 0) is 12.3 Å². The van der Waals surface area contributed by atoms with Crippen LogP contribution in [0.1, 0.15) is 25.8 Å². The maximum absolute atomic E-state index is 10.7. The highest BCUT2D eigenvalue weighted by molar-refractivity contribution is 5.68. The van der Waals surface area contributed by atoms with Crippen LogP contribution in [0.5, 0.6) is 0 Å². The minimum atomic E-state index is -0.571. The molecule has 0 radical (unpaired) electrons. The van der Waals surface area contributed by atoms with Crippen LogP contribution in [0, 0.1) is 5.92 Å². The Morgan fingerprint density at radius 2 is 1.91 bits per heavy atom. The zero-order chi connectivity index (χ0) is 23.5. The van der Waals surface area contributed by atoms with E-state index in [1.165, 1.54) is 0 Å². The van der Waals surface area contributed by atoms with Crippen molar-refractivity contribution in [3.63, 3.8) is 0 Å². The van der Waals surface area contributed by atoms with Gasteiger partial charge in [0.2, 0.25) is 5.88 Å². The van der Waals surface area contributed by atoms with Crippen molar-refractivity contribution in [3.05, 3.63) is 35.9 Å². The molecule has 3 rings (SSSR count). The Bertz CT molecular complexity index is 793. The van der Waals surface area contributed by atoms with Crippen molar-refractivity contribution in [2.24, 2.45) is 5.92 Å². The lowest BCUT2D eigenvalue weighted by atomic mass is 10.1. The summed E-state index contributed by atoms with van der Waals surface area (Å²) in [6, 6.07) is 10.1. The van der Waals surface area contributed by atoms with E-state index in [1.807, 2.05) is 30.3 Å². The van der Waals surface area contributed by atoms with Gasteiger partial charge >= 0.3 is 0 Å². The van der Waals surface area contributed by atoms with Crippen LogP contribution in [0.4, 0.5) is 5.88 Å². The second-order valence-corrected chi connectivity index (χ2v) is 8.95. The summed E-state index contributed by atoms with van der Waals surface area (Å²) in [5.74, 6) is 1.23. The SMILES string of the molecule is COCCCN(Cc1c(-c2ccccc2)noc1N1CCOCC1)C[C@H](O)COCC(C)C. The Labute approximate surface area is 197 Å². The minimum absolute atomic E-state index is 0.324. The fraction of sp³-hybridized carbons (Fsp3) is 0.640. The van der Waals surface area contributed by atoms with Crippen LogP contribution >= 0.6 is 0 Å². The summed E-state index contributed by atoms with van der Waals surface area (Å²) in [6.07, 6.45) is 0.299. The highest BCUT2D eigenvalue weighted by Gasteiger charge is 2.26. The molecule has 1 aliphatic heterocycles. The van der Waals surface area contributed by atoms with Gasteiger partial charge in [0.25, 0.3) is 0 Å². The third-order valence-electron chi connectivity index (χ3n) is 5.55. The molecule has 1 atom stereocenters. The standard InChI is InChI=1S/C25H39N3O5/c1-20(2)18-32-19-22(29)16-27(10-7-13-30-3)17-23-24(21-8-5-4-6-9-21)26-33-25(23)28-11-14-31-15-12-28/h4-6,8-9,20,22,29H,7,10-19H2,1-3H3/t22-/m0/s1. The molecule has 1 aromatic heterocycles. The normalized spacial score (nSPS) is 15.5. The maximum Gasteiger partial charge on any atom is 0.232 e. The van der Waals surface area contributed by atoms with E-state index in [4.69, 9.17) is 18.7 Å². The molecule has 1 aliphatic rings. The molecule has 0 spiro atoms. The molecule has 1 N–H and O–H groups in total. The number of hydrogen-bond acceptors (Lipinski definition) is 8. The number of methoxy groups -OCH3 is 1. The third kappa shape index (κ3) is 8.08. The highest BCUT2D eigenvalue weighted by atomic mass is 16.5. The van der Waals surface area contributed by atoms with E-state index < -0.39 is 6.10 Å². The smallest absolute Gasteiger partial charge is 0.232 e. The van der Waals surface area contributed by atoms with E-state index in [1.54, 1.807) is 7.11 Å². The van der Waals surface area contributed by atoms with Crippen LogP contribution in [0.25, 0.3) is 11.3 Å². The van der Waals surface area contributed by atoms with E-state index in [-0.39, 0.29) is 0 Å². The van der Waals surface area contributed by atoms with Gasteiger partial charge in [0.1, 0.15) is 5.69 Å². The number of benzene rings is 1. The monoisotopic (exact) mass is 461 g/mol. The van der Waals surface area contributed by atoms with Gasteiger partial charge in [0.05, 0.1) is 31.5 Å². The molecule has 0 aliphatic carbocycles. The predicted molar refractivity (Wildman–Crippen MR) is 128 cm³/mol. The summed E-state index contributed by atoms with van der Waals surface area (Å²) in [4.78, 5) is 4.44. The first kappa shape index (κ1) is 25.6. The molecule has 0 bridgehead atoms. The summed E-state index contributed by atoms with van der Waals surface area (Å²) in [6.45, 7) is 10.6. The Balaban J connectivity index is 1.80. The molecule has 0 unspecified atom stereocenters. The summed E-state index contributed by atoms with van der Waals surface area (Å²) >= 11 is 0. The van der Waals surface area contributed by atoms with Crippen LogP contribution in [0.2, 0.25) is 0 Å². The lowest BCUT2D eigenvalue weighted by molar-refractivity contribution is 0.00581. The zero-order valence-corrected chi connectivity index (χ0v) is 20.2. The molecular weight excluding hydrogens is 422 g/mol. The molecule has 0 amide bonds. The van der Waals surface area contributed by atoms with Crippen molar-refractivity contribution in [2.75, 3.05) is 71.2 Å². The predicted octanol–water partition coefficient (Wildman–Crippen LogP) is 3.05. The van der Waals surface area contributed by atoms with Crippen LogP contribution in [0.3, 0.4) is 0 Å². The number of aliphatic hydroxyl groups is 1. The Morgan fingerprint density at radius 1 is 1.15 bits per heavy atom. The van der Waals surface area contributed by atoms with Gasteiger partial charge in [0, 0.05) is 58.6 Å².